The number of aliphatic hydroxyl groups excluding tert-OH is 1. The van der Waals surface area contributed by atoms with Gasteiger partial charge in [0.2, 0.25) is 23.5 Å². The van der Waals surface area contributed by atoms with E-state index in [-0.39, 0.29) is 36.7 Å². The minimum Gasteiger partial charge on any atom is -0.511 e. The largest absolute Gasteiger partial charge is 0.511 e. The van der Waals surface area contributed by atoms with Crippen LogP contribution in [0.25, 0.3) is 21.7 Å². The number of hydrogen-bond donors (Lipinski definition) is 4. The Labute approximate surface area is 367 Å². The number of aryl methyl sites for hydroxylation is 1. The summed E-state index contributed by atoms with van der Waals surface area (Å²) in [7, 11) is 0. The Morgan fingerprint density at radius 2 is 1.74 bits per heavy atom. The summed E-state index contributed by atoms with van der Waals surface area (Å²) in [6, 6.07) is 7.73. The number of benzene rings is 2. The number of morpholine rings is 1. The Balaban J connectivity index is 0.941. The molecule has 1 fully saturated rings. The number of ether oxygens (including phenoxy) is 2. The Morgan fingerprint density at radius 3 is 2.44 bits per heavy atom. The number of nitrogens with zero attached hydrogens (tertiary/aromatic N) is 4. The zero-order valence-corrected chi connectivity index (χ0v) is 37.1. The van der Waals surface area contributed by atoms with Crippen molar-refractivity contribution in [2.24, 2.45) is 5.41 Å². The van der Waals surface area contributed by atoms with E-state index in [2.05, 4.69) is 30.8 Å². The van der Waals surface area contributed by atoms with Crippen LogP contribution in [0.3, 0.4) is 0 Å². The smallest absolute Gasteiger partial charge is 0.257 e. The van der Waals surface area contributed by atoms with Gasteiger partial charge in [-0.25, -0.2) is 14.4 Å². The molecule has 2 aromatic heterocycles. The maximum Gasteiger partial charge on any atom is 0.257 e. The Morgan fingerprint density at radius 1 is 1.00 bits per heavy atom. The van der Waals surface area contributed by atoms with Crippen molar-refractivity contribution in [2.75, 3.05) is 50.9 Å². The van der Waals surface area contributed by atoms with Gasteiger partial charge in [0.15, 0.2) is 23.3 Å². The second-order valence-corrected chi connectivity index (χ2v) is 18.0. The molecule has 62 heavy (non-hydrogen) atoms. The average molecular weight is 894 g/mol. The van der Waals surface area contributed by atoms with Crippen molar-refractivity contribution in [2.45, 2.75) is 78.4 Å². The summed E-state index contributed by atoms with van der Waals surface area (Å²) in [5, 5.41) is 21.4. The molecule has 332 valence electrons. The lowest BCUT2D eigenvalue weighted by Crippen LogP contribution is -2.58. The minimum atomic E-state index is -1.21. The van der Waals surface area contributed by atoms with Crippen molar-refractivity contribution in [3.05, 3.63) is 82.0 Å². The third-order valence-electron chi connectivity index (χ3n) is 10.6. The van der Waals surface area contributed by atoms with Crippen LogP contribution in [0.5, 0.6) is 5.75 Å². The summed E-state index contributed by atoms with van der Waals surface area (Å²) < 4.78 is 40.1. The predicted octanol–water partition coefficient (Wildman–Crippen LogP) is 6.47. The van der Waals surface area contributed by atoms with E-state index in [1.165, 1.54) is 28.4 Å². The molecule has 0 spiro atoms. The molecule has 0 unspecified atom stereocenters. The highest BCUT2D eigenvalue weighted by atomic mass is 32.1. The number of aliphatic hydroxyl groups is 1. The predicted molar refractivity (Wildman–Crippen MR) is 234 cm³/mol. The first-order chi connectivity index (χ1) is 29.6. The van der Waals surface area contributed by atoms with E-state index in [0.717, 1.165) is 32.9 Å². The van der Waals surface area contributed by atoms with Crippen molar-refractivity contribution in [1.29, 1.82) is 0 Å². The number of hydrogen-bond acceptors (Lipinski definition) is 12. The maximum absolute atomic E-state index is 14.9. The number of nitrogens with one attached hydrogen (secondary N) is 3. The molecule has 1 saturated heterocycles. The normalized spacial score (nSPS) is 16.4. The number of thiazole rings is 2. The van der Waals surface area contributed by atoms with Crippen LogP contribution in [0.1, 0.15) is 70.7 Å². The minimum absolute atomic E-state index is 0.106. The Hall–Kier alpha value is -5.46. The summed E-state index contributed by atoms with van der Waals surface area (Å²) >= 11 is 2.92. The van der Waals surface area contributed by atoms with Crippen LogP contribution in [0.2, 0.25) is 0 Å². The molecular weight excluding hydrogens is 841 g/mol. The zero-order chi connectivity index (χ0) is 44.6. The van der Waals surface area contributed by atoms with E-state index in [9.17, 15) is 33.1 Å². The van der Waals surface area contributed by atoms with Crippen LogP contribution < -0.4 is 25.6 Å². The third-order valence-corrected chi connectivity index (χ3v) is 12.5. The van der Waals surface area contributed by atoms with E-state index < -0.39 is 65.3 Å². The molecule has 4 N–H and O–H groups in total. The van der Waals surface area contributed by atoms with Crippen LogP contribution >= 0.6 is 22.7 Å². The molecule has 0 aliphatic carbocycles. The molecule has 2 aliphatic heterocycles. The second-order valence-electron chi connectivity index (χ2n) is 16.4. The van der Waals surface area contributed by atoms with E-state index in [4.69, 9.17) is 9.47 Å². The number of unbranched alkanes of at least 4 members (excludes halogenated alkanes) is 2. The molecule has 4 aromatic rings. The molecule has 2 aromatic carbocycles. The monoisotopic (exact) mass is 893 g/mol. The van der Waals surface area contributed by atoms with Gasteiger partial charge in [-0.15, -0.1) is 22.7 Å². The van der Waals surface area contributed by atoms with Gasteiger partial charge in [-0.1, -0.05) is 51.5 Å². The van der Waals surface area contributed by atoms with Gasteiger partial charge in [-0.2, -0.15) is 4.39 Å². The number of anilines is 1. The van der Waals surface area contributed by atoms with Gasteiger partial charge in [0.05, 0.1) is 47.6 Å². The summed E-state index contributed by atoms with van der Waals surface area (Å²) in [5.41, 5.74) is 4.53. The van der Waals surface area contributed by atoms with Gasteiger partial charge >= 0.3 is 0 Å². The fourth-order valence-corrected chi connectivity index (χ4v) is 8.82. The molecule has 18 heteroatoms. The van der Waals surface area contributed by atoms with E-state index in [1.807, 2.05) is 58.9 Å². The molecule has 0 saturated carbocycles. The average Bonchev–Trinajstić information content (AvgIpc) is 4.01. The summed E-state index contributed by atoms with van der Waals surface area (Å²) in [5.74, 6) is -4.69. The molecule has 0 radical (unpaired) electrons. The lowest BCUT2D eigenvalue weighted by Gasteiger charge is -2.35. The van der Waals surface area contributed by atoms with Gasteiger partial charge in [-0.05, 0) is 61.4 Å². The van der Waals surface area contributed by atoms with Crippen LogP contribution in [-0.2, 0) is 23.9 Å². The highest BCUT2D eigenvalue weighted by Gasteiger charge is 2.42. The summed E-state index contributed by atoms with van der Waals surface area (Å²) in [6.45, 7) is 11.2. The Bertz CT molecular complexity index is 2250. The maximum atomic E-state index is 14.9. The molecule has 6 rings (SSSR count). The van der Waals surface area contributed by atoms with Gasteiger partial charge < -0.3 is 40.3 Å². The summed E-state index contributed by atoms with van der Waals surface area (Å²) in [4.78, 5) is 66.7. The van der Waals surface area contributed by atoms with Crippen molar-refractivity contribution in [3.8, 4) is 27.4 Å². The van der Waals surface area contributed by atoms with Crippen molar-refractivity contribution in [3.63, 3.8) is 0 Å². The Kier molecular flexibility index (Phi) is 15.3. The van der Waals surface area contributed by atoms with Gasteiger partial charge in [0.1, 0.15) is 17.8 Å². The first-order valence-corrected chi connectivity index (χ1v) is 22.3. The number of carbonyl (C=O) groups is 4. The van der Waals surface area contributed by atoms with Crippen molar-refractivity contribution >= 4 is 51.4 Å². The molecule has 4 heterocycles. The topological polar surface area (TPSA) is 175 Å². The van der Waals surface area contributed by atoms with Crippen LogP contribution in [-0.4, -0.2) is 102 Å². The van der Waals surface area contributed by atoms with Gasteiger partial charge in [0, 0.05) is 37.0 Å². The number of carbonyl (C=O) groups excluding carboxylic acids is 4. The van der Waals surface area contributed by atoms with E-state index in [1.54, 1.807) is 22.2 Å². The number of amides is 4. The molecular formula is C44H53F2N7O7S2. The van der Waals surface area contributed by atoms with E-state index in [0.29, 0.717) is 51.3 Å². The lowest BCUT2D eigenvalue weighted by atomic mass is 9.85. The molecule has 0 bridgehead atoms. The summed E-state index contributed by atoms with van der Waals surface area (Å²) in [6.07, 6.45) is 3.01. The highest BCUT2D eigenvalue weighted by molar-refractivity contribution is 7.14. The van der Waals surface area contributed by atoms with Crippen molar-refractivity contribution < 1.29 is 42.5 Å². The first-order valence-electron chi connectivity index (χ1n) is 20.6. The van der Waals surface area contributed by atoms with Gasteiger partial charge in [0.25, 0.3) is 5.91 Å². The van der Waals surface area contributed by atoms with Crippen LogP contribution in [0.15, 0.2) is 59.1 Å². The fourth-order valence-electron chi connectivity index (χ4n) is 7.13. The highest BCUT2D eigenvalue weighted by Crippen LogP contribution is 2.37. The molecule has 14 nitrogen and oxygen atoms in total. The SMILES string of the molecule is Cc1ncsc1-c1ccc([C@H](C)NC(=O)[C@@H]2C=C(O)CN2C(=O)[C@@H](NC(=O)CCCCCNC(=O)COc2c(-c3csc(N4CCOCC4)n3)ccc(F)c2F)C(C)(C)C)cc1. The standard InChI is InChI=1S/C44H53F2N7O7S2/c1-26(28-10-12-29(13-11-28)39-27(2)48-25-62-39)49-41(57)34-21-30(54)22-53(34)42(58)40(44(3,4)5)51-35(55)9-7-6-8-16-47-36(56)23-60-38-31(14-15-32(45)37(38)46)33-24-61-43(50-33)52-17-19-59-20-18-52/h10-15,21,24-26,34,40,54H,6-9,16-20,22-23H2,1-5H3,(H,47,56)(H,49,57)(H,51,55)/t26-,34-,40+/m0/s1. The molecule has 4 amide bonds. The van der Waals surface area contributed by atoms with Gasteiger partial charge in [-0.3, -0.25) is 19.2 Å². The number of aromatic nitrogens is 2. The van der Waals surface area contributed by atoms with Crippen LogP contribution in [0, 0.1) is 24.0 Å². The zero-order valence-electron chi connectivity index (χ0n) is 35.5. The first kappa shape index (κ1) is 46.1. The molecule has 3 atom stereocenters. The number of halogens is 2. The quantitative estimate of drug-likeness (QED) is 0.0860. The number of rotatable bonds is 17. The van der Waals surface area contributed by atoms with E-state index >= 15 is 0 Å². The lowest BCUT2D eigenvalue weighted by molar-refractivity contribution is -0.143. The van der Waals surface area contributed by atoms with Crippen LogP contribution in [0.4, 0.5) is 13.9 Å². The van der Waals surface area contributed by atoms with Crippen molar-refractivity contribution in [1.82, 2.24) is 30.8 Å². The molecule has 2 aliphatic rings. The fraction of sp³-hybridized carbons (Fsp3) is 0.455. The second kappa shape index (κ2) is 20.6. The third kappa shape index (κ3) is 11.5.